The van der Waals surface area contributed by atoms with Gasteiger partial charge in [-0.3, -0.25) is 0 Å². The van der Waals surface area contributed by atoms with Gasteiger partial charge in [-0.1, -0.05) is 51.1 Å². The molecule has 0 spiro atoms. The Morgan fingerprint density at radius 2 is 1.60 bits per heavy atom. The van der Waals surface area contributed by atoms with Gasteiger partial charge in [0.05, 0.1) is 5.69 Å². The van der Waals surface area contributed by atoms with Crippen molar-refractivity contribution in [1.29, 1.82) is 0 Å². The average molecular weight is 287 g/mol. The molecule has 2 rings (SSSR count). The molecular weight excluding hydrogens is 261 g/mol. The normalized spacial score (nSPS) is 13.1. The van der Waals surface area contributed by atoms with Gasteiger partial charge in [-0.2, -0.15) is 0 Å². The van der Waals surface area contributed by atoms with Crippen molar-refractivity contribution < 1.29 is 0 Å². The number of hydrogen-bond acceptors (Lipinski definition) is 0. The maximum Gasteiger partial charge on any atom is 0.0529 e. The predicted molar refractivity (Wildman–Crippen MR) is 90.7 cm³/mol. The molecule has 0 saturated carbocycles. The Balaban J connectivity index is 2.61. The van der Waals surface area contributed by atoms with Crippen LogP contribution in [0.5, 0.6) is 0 Å². The molecule has 0 unspecified atom stereocenters. The lowest BCUT2D eigenvalue weighted by Crippen LogP contribution is -2.19. The Labute approximate surface area is 125 Å². The monoisotopic (exact) mass is 287 g/mol. The van der Waals surface area contributed by atoms with E-state index in [0.29, 0.717) is 0 Å². The highest BCUT2D eigenvalue weighted by Gasteiger charge is 2.26. The second-order valence-corrected chi connectivity index (χ2v) is 8.18. The zero-order valence-corrected chi connectivity index (χ0v) is 14.5. The molecule has 1 nitrogen and oxygen atoms in total. The molecule has 1 heterocycles. The van der Waals surface area contributed by atoms with E-state index in [0.717, 1.165) is 0 Å². The fourth-order valence-electron chi connectivity index (χ4n) is 2.22. The molecule has 1 aromatic carbocycles. The van der Waals surface area contributed by atoms with Crippen molar-refractivity contribution in [3.63, 3.8) is 0 Å². The maximum atomic E-state index is 2.51. The number of benzene rings is 1. The third-order valence-corrected chi connectivity index (χ3v) is 5.96. The average Bonchev–Trinajstić information content (AvgIpc) is 2.85. The van der Waals surface area contributed by atoms with E-state index in [1.54, 1.807) is 0 Å². The predicted octanol–water partition coefficient (Wildman–Crippen LogP) is 6.18. The van der Waals surface area contributed by atoms with E-state index >= 15 is 0 Å². The van der Waals surface area contributed by atoms with Crippen molar-refractivity contribution >= 4 is 8.35 Å². The lowest BCUT2D eigenvalue weighted by molar-refractivity contribution is 0.433. The van der Waals surface area contributed by atoms with Gasteiger partial charge < -0.3 is 4.33 Å². The van der Waals surface area contributed by atoms with Crippen LogP contribution in [-0.4, -0.2) is 4.33 Å². The first kappa shape index (κ1) is 15.3. The minimum absolute atomic E-state index is 0.134. The second-order valence-electron chi connectivity index (χ2n) is 7.10. The smallest absolute Gasteiger partial charge is 0.0529 e. The minimum Gasteiger partial charge on any atom is -0.318 e. The molecule has 0 radical (unpaired) electrons. The largest absolute Gasteiger partial charge is 0.318 e. The summed E-state index contributed by atoms with van der Waals surface area (Å²) in [5.74, 6) is 0. The SMILES string of the molecule is CCC(C)(C)c1cc(-c2ccccc2)n(C(C)(C)C)p1. The van der Waals surface area contributed by atoms with Crippen LogP contribution in [-0.2, 0) is 11.0 Å². The van der Waals surface area contributed by atoms with Gasteiger partial charge in [0.2, 0.25) is 0 Å². The Morgan fingerprint density at radius 3 is 2.10 bits per heavy atom. The van der Waals surface area contributed by atoms with Crippen molar-refractivity contribution in [3.05, 3.63) is 41.7 Å². The highest BCUT2D eigenvalue weighted by molar-refractivity contribution is 7.27. The second kappa shape index (κ2) is 5.37. The Morgan fingerprint density at radius 1 is 1.00 bits per heavy atom. The summed E-state index contributed by atoms with van der Waals surface area (Å²) in [6.45, 7) is 13.8. The van der Waals surface area contributed by atoms with Crippen LogP contribution in [0.3, 0.4) is 0 Å². The first-order chi connectivity index (χ1) is 9.25. The van der Waals surface area contributed by atoms with Gasteiger partial charge in [0, 0.05) is 19.2 Å². The quantitative estimate of drug-likeness (QED) is 0.635. The van der Waals surface area contributed by atoms with Crippen LogP contribution in [0.4, 0.5) is 0 Å². The maximum absolute atomic E-state index is 2.51. The summed E-state index contributed by atoms with van der Waals surface area (Å²) in [7, 11) is 1.34. The highest BCUT2D eigenvalue weighted by Crippen LogP contribution is 2.41. The van der Waals surface area contributed by atoms with Crippen LogP contribution in [0, 0.1) is 0 Å². The molecule has 0 aliphatic heterocycles. The standard InChI is InChI=1S/C18H26NP/c1-7-18(5,6)16-13-15(14-11-9-8-10-12-14)19(20-16)17(2,3)4/h8-13H,7H2,1-6H3. The third kappa shape index (κ3) is 2.99. The van der Waals surface area contributed by atoms with E-state index in [-0.39, 0.29) is 11.0 Å². The summed E-state index contributed by atoms with van der Waals surface area (Å²) < 4.78 is 2.51. The fourth-order valence-corrected chi connectivity index (χ4v) is 3.62. The van der Waals surface area contributed by atoms with Gasteiger partial charge in [0.15, 0.2) is 0 Å². The summed E-state index contributed by atoms with van der Waals surface area (Å²) in [6, 6.07) is 13.2. The molecule has 0 aliphatic rings. The summed E-state index contributed by atoms with van der Waals surface area (Å²) in [5, 5.41) is 1.52. The zero-order chi connectivity index (χ0) is 15.0. The number of rotatable bonds is 3. The number of hydrogen-bond donors (Lipinski definition) is 0. The van der Waals surface area contributed by atoms with Crippen LogP contribution in [0.25, 0.3) is 11.3 Å². The van der Waals surface area contributed by atoms with Gasteiger partial charge in [-0.25, -0.2) is 0 Å². The van der Waals surface area contributed by atoms with Crippen LogP contribution >= 0.6 is 8.35 Å². The van der Waals surface area contributed by atoms with Gasteiger partial charge in [-0.15, -0.1) is 0 Å². The van der Waals surface area contributed by atoms with E-state index in [4.69, 9.17) is 0 Å². The van der Waals surface area contributed by atoms with Crippen LogP contribution in [0.15, 0.2) is 36.4 Å². The zero-order valence-electron chi connectivity index (χ0n) is 13.6. The van der Waals surface area contributed by atoms with E-state index in [1.807, 2.05) is 0 Å². The lowest BCUT2D eigenvalue weighted by Gasteiger charge is -2.24. The van der Waals surface area contributed by atoms with E-state index < -0.39 is 0 Å². The fraction of sp³-hybridized carbons (Fsp3) is 0.500. The molecule has 108 valence electrons. The number of aromatic nitrogens is 1. The van der Waals surface area contributed by atoms with Gasteiger partial charge in [0.1, 0.15) is 0 Å². The van der Waals surface area contributed by atoms with Crippen molar-refractivity contribution in [2.45, 2.75) is 58.9 Å². The van der Waals surface area contributed by atoms with Gasteiger partial charge in [-0.05, 0) is 44.2 Å². The molecule has 0 bridgehead atoms. The molecule has 0 saturated heterocycles. The summed E-state index contributed by atoms with van der Waals surface area (Å²) in [4.78, 5) is 0. The summed E-state index contributed by atoms with van der Waals surface area (Å²) in [5.41, 5.74) is 3.07. The Bertz CT molecular complexity index is 573. The van der Waals surface area contributed by atoms with Crippen molar-refractivity contribution in [2.24, 2.45) is 0 Å². The molecule has 0 N–H and O–H groups in total. The first-order valence-electron chi connectivity index (χ1n) is 7.42. The van der Waals surface area contributed by atoms with Crippen molar-refractivity contribution in [3.8, 4) is 11.3 Å². The van der Waals surface area contributed by atoms with Crippen LogP contribution in [0.1, 0.15) is 53.3 Å². The molecule has 0 aliphatic carbocycles. The Kier molecular flexibility index (Phi) is 4.12. The van der Waals surface area contributed by atoms with E-state index in [2.05, 4.69) is 82.3 Å². The van der Waals surface area contributed by atoms with Crippen LogP contribution < -0.4 is 0 Å². The number of nitrogens with zero attached hydrogens (tertiary/aromatic N) is 1. The van der Waals surface area contributed by atoms with E-state index in [9.17, 15) is 0 Å². The first-order valence-corrected chi connectivity index (χ1v) is 8.27. The molecule has 0 fully saturated rings. The van der Waals surface area contributed by atoms with Gasteiger partial charge >= 0.3 is 0 Å². The molecule has 20 heavy (non-hydrogen) atoms. The van der Waals surface area contributed by atoms with Crippen molar-refractivity contribution in [2.75, 3.05) is 0 Å². The molecule has 0 amide bonds. The molecule has 2 heteroatoms. The van der Waals surface area contributed by atoms with Crippen molar-refractivity contribution in [1.82, 2.24) is 4.33 Å². The van der Waals surface area contributed by atoms with E-state index in [1.165, 1.54) is 31.3 Å². The third-order valence-electron chi connectivity index (χ3n) is 3.99. The Hall–Kier alpha value is -1.07. The molecule has 0 atom stereocenters. The lowest BCUT2D eigenvalue weighted by atomic mass is 9.88. The summed E-state index contributed by atoms with van der Waals surface area (Å²) in [6.07, 6.45) is 1.17. The van der Waals surface area contributed by atoms with Gasteiger partial charge in [0.25, 0.3) is 0 Å². The highest BCUT2D eigenvalue weighted by atomic mass is 31.0. The minimum atomic E-state index is 0.134. The topological polar surface area (TPSA) is 4.93 Å². The van der Waals surface area contributed by atoms with Crippen LogP contribution in [0.2, 0.25) is 0 Å². The molecule has 2 aromatic rings. The molecular formula is C18H26NP. The summed E-state index contributed by atoms with van der Waals surface area (Å²) >= 11 is 0. The molecule has 1 aromatic heterocycles.